The number of benzene rings is 1. The van der Waals surface area contributed by atoms with E-state index in [1.807, 2.05) is 6.07 Å². The molecule has 1 aromatic carbocycles. The minimum Gasteiger partial charge on any atom is -0.478 e. The Morgan fingerprint density at radius 1 is 1.19 bits per heavy atom. The zero-order valence-electron chi connectivity index (χ0n) is 15.8. The molecule has 0 spiro atoms. The van der Waals surface area contributed by atoms with Gasteiger partial charge in [0.15, 0.2) is 0 Å². The third-order valence-corrected chi connectivity index (χ3v) is 7.58. The van der Waals surface area contributed by atoms with Crippen molar-refractivity contribution in [3.05, 3.63) is 34.9 Å². The zero-order valence-corrected chi connectivity index (χ0v) is 15.8. The number of Topliss-reactive ketones (excluding diaryl/α,β-unsaturated/α-hetero) is 1. The van der Waals surface area contributed by atoms with Crippen molar-refractivity contribution in [3.63, 3.8) is 0 Å². The van der Waals surface area contributed by atoms with Gasteiger partial charge in [-0.25, -0.2) is 4.79 Å². The van der Waals surface area contributed by atoms with Crippen LogP contribution in [0.15, 0.2) is 18.2 Å². The molecule has 4 atom stereocenters. The molecule has 3 nitrogen and oxygen atoms in total. The maximum absolute atomic E-state index is 12.5. The van der Waals surface area contributed by atoms with Crippen molar-refractivity contribution in [1.29, 1.82) is 0 Å². The van der Waals surface area contributed by atoms with Crippen LogP contribution in [-0.2, 0) is 11.2 Å². The van der Waals surface area contributed by atoms with E-state index in [9.17, 15) is 14.7 Å². The molecule has 0 bridgehead atoms. The molecule has 0 aliphatic heterocycles. The van der Waals surface area contributed by atoms with Crippen molar-refractivity contribution >= 4 is 11.8 Å². The molecule has 1 N–H and O–H groups in total. The normalized spacial score (nSPS) is 32.4. The van der Waals surface area contributed by atoms with Crippen LogP contribution in [0.25, 0.3) is 0 Å². The van der Waals surface area contributed by atoms with Gasteiger partial charge in [0.1, 0.15) is 5.78 Å². The van der Waals surface area contributed by atoms with Gasteiger partial charge >= 0.3 is 5.97 Å². The lowest BCUT2D eigenvalue weighted by atomic mass is 9.54. The lowest BCUT2D eigenvalue weighted by Crippen LogP contribution is -2.42. The number of carboxylic acids is 1. The minimum atomic E-state index is -0.831. The van der Waals surface area contributed by atoms with Gasteiger partial charge in [-0.05, 0) is 91.4 Å². The molecule has 3 heteroatoms. The summed E-state index contributed by atoms with van der Waals surface area (Å²) < 4.78 is 0. The Kier molecular flexibility index (Phi) is 4.66. The summed E-state index contributed by atoms with van der Waals surface area (Å²) in [4.78, 5) is 23.7. The molecule has 0 unspecified atom stereocenters. The van der Waals surface area contributed by atoms with Crippen LogP contribution < -0.4 is 0 Å². The highest BCUT2D eigenvalue weighted by Gasteiger charge is 2.53. The molecule has 140 valence electrons. The maximum Gasteiger partial charge on any atom is 0.335 e. The van der Waals surface area contributed by atoms with Crippen LogP contribution in [0.4, 0.5) is 0 Å². The smallest absolute Gasteiger partial charge is 0.335 e. The van der Waals surface area contributed by atoms with Gasteiger partial charge < -0.3 is 5.11 Å². The second-order valence-corrected chi connectivity index (χ2v) is 8.89. The molecule has 2 fully saturated rings. The fourth-order valence-corrected chi connectivity index (χ4v) is 6.58. The monoisotopic (exact) mass is 354 g/mol. The van der Waals surface area contributed by atoms with E-state index in [1.54, 1.807) is 6.07 Å². The topological polar surface area (TPSA) is 54.4 Å². The van der Waals surface area contributed by atoms with E-state index >= 15 is 0 Å². The van der Waals surface area contributed by atoms with Crippen molar-refractivity contribution in [2.75, 3.05) is 0 Å². The lowest BCUT2D eigenvalue weighted by molar-refractivity contribution is -0.123. The molecule has 0 aromatic heterocycles. The van der Waals surface area contributed by atoms with Crippen LogP contribution in [0.3, 0.4) is 0 Å². The summed E-state index contributed by atoms with van der Waals surface area (Å²) in [6.07, 6.45) is 10.8. The Hall–Kier alpha value is -1.64. The fraction of sp³-hybridized carbons (Fsp3) is 0.652. The molecule has 0 amide bonds. The highest BCUT2D eigenvalue weighted by Crippen LogP contribution is 2.62. The van der Waals surface area contributed by atoms with Crippen molar-refractivity contribution in [1.82, 2.24) is 0 Å². The standard InChI is InChI=1S/C23H30O3/c1-2-4-17(24)14-23-11-3-5-21(23)20-9-6-15-13-16(22(25)26)7-8-18(15)19(20)10-12-23/h7-8,13,19-21H,2-6,9-12,14H2,1H3,(H,25,26)/t19-,20-,21+,23+/m1/s1. The van der Waals surface area contributed by atoms with Gasteiger partial charge in [-0.1, -0.05) is 19.4 Å². The van der Waals surface area contributed by atoms with E-state index in [4.69, 9.17) is 0 Å². The Labute approximate surface area is 156 Å². The summed E-state index contributed by atoms with van der Waals surface area (Å²) in [7, 11) is 0. The van der Waals surface area contributed by atoms with Crippen LogP contribution in [0.2, 0.25) is 0 Å². The van der Waals surface area contributed by atoms with Gasteiger partial charge in [0, 0.05) is 12.8 Å². The van der Waals surface area contributed by atoms with Crippen molar-refractivity contribution < 1.29 is 14.7 Å². The van der Waals surface area contributed by atoms with Crippen LogP contribution in [-0.4, -0.2) is 16.9 Å². The van der Waals surface area contributed by atoms with E-state index in [2.05, 4.69) is 13.0 Å². The number of hydrogen-bond donors (Lipinski definition) is 1. The van der Waals surface area contributed by atoms with E-state index in [0.717, 1.165) is 32.1 Å². The average Bonchev–Trinajstić information content (AvgIpc) is 3.04. The first-order valence-electron chi connectivity index (χ1n) is 10.4. The molecule has 0 heterocycles. The number of carbonyl (C=O) groups excluding carboxylic acids is 1. The third kappa shape index (κ3) is 2.90. The molecule has 0 radical (unpaired) electrons. The van der Waals surface area contributed by atoms with Gasteiger partial charge in [-0.15, -0.1) is 0 Å². The summed E-state index contributed by atoms with van der Waals surface area (Å²) in [5.41, 5.74) is 3.33. The van der Waals surface area contributed by atoms with Gasteiger partial charge in [-0.2, -0.15) is 0 Å². The van der Waals surface area contributed by atoms with Crippen LogP contribution in [0.1, 0.15) is 92.1 Å². The fourth-order valence-electron chi connectivity index (χ4n) is 6.58. The summed E-state index contributed by atoms with van der Waals surface area (Å²) in [6, 6.07) is 5.76. The Morgan fingerprint density at radius 2 is 2.04 bits per heavy atom. The number of aryl methyl sites for hydroxylation is 1. The quantitative estimate of drug-likeness (QED) is 0.773. The minimum absolute atomic E-state index is 0.270. The first kappa shape index (κ1) is 17.8. The summed E-state index contributed by atoms with van der Waals surface area (Å²) >= 11 is 0. The summed E-state index contributed by atoms with van der Waals surface area (Å²) in [5.74, 6) is 1.58. The van der Waals surface area contributed by atoms with Gasteiger partial charge in [0.2, 0.25) is 0 Å². The van der Waals surface area contributed by atoms with Crippen LogP contribution in [0.5, 0.6) is 0 Å². The number of carbonyl (C=O) groups is 2. The van der Waals surface area contributed by atoms with Crippen LogP contribution >= 0.6 is 0 Å². The molecular weight excluding hydrogens is 324 g/mol. The number of ketones is 1. The number of rotatable bonds is 5. The molecule has 3 aliphatic carbocycles. The van der Waals surface area contributed by atoms with Crippen molar-refractivity contribution in [2.24, 2.45) is 17.3 Å². The summed E-state index contributed by atoms with van der Waals surface area (Å²) in [6.45, 7) is 2.10. The van der Waals surface area contributed by atoms with Crippen molar-refractivity contribution in [2.45, 2.75) is 77.0 Å². The predicted octanol–water partition coefficient (Wildman–Crippen LogP) is 5.37. The number of fused-ring (bicyclic) bond motifs is 5. The van der Waals surface area contributed by atoms with Gasteiger partial charge in [0.25, 0.3) is 0 Å². The predicted molar refractivity (Wildman–Crippen MR) is 101 cm³/mol. The van der Waals surface area contributed by atoms with Gasteiger partial charge in [0.05, 0.1) is 5.56 Å². The first-order valence-corrected chi connectivity index (χ1v) is 10.4. The number of carboxylic acid groups (broad SMARTS) is 1. The second-order valence-electron chi connectivity index (χ2n) is 8.89. The van der Waals surface area contributed by atoms with Gasteiger partial charge in [-0.3, -0.25) is 4.79 Å². The Balaban J connectivity index is 1.60. The summed E-state index contributed by atoms with van der Waals surface area (Å²) in [5, 5.41) is 9.27. The Morgan fingerprint density at radius 3 is 2.81 bits per heavy atom. The molecule has 3 aliphatic rings. The molecule has 1 aromatic rings. The van der Waals surface area contributed by atoms with E-state index < -0.39 is 5.97 Å². The van der Waals surface area contributed by atoms with E-state index in [-0.39, 0.29) is 5.41 Å². The van der Waals surface area contributed by atoms with Crippen molar-refractivity contribution in [3.8, 4) is 0 Å². The molecule has 2 saturated carbocycles. The third-order valence-electron chi connectivity index (χ3n) is 7.58. The molecule has 0 saturated heterocycles. The van der Waals surface area contributed by atoms with Crippen LogP contribution in [0, 0.1) is 17.3 Å². The number of aromatic carboxylic acids is 1. The van der Waals surface area contributed by atoms with E-state index in [1.165, 1.54) is 43.2 Å². The first-order chi connectivity index (χ1) is 12.5. The average molecular weight is 354 g/mol. The second kappa shape index (κ2) is 6.83. The lowest BCUT2D eigenvalue weighted by Gasteiger charge is -2.50. The molecular formula is C23H30O3. The SMILES string of the molecule is CCCC(=O)C[C@@]12CCC[C@H]1[C@@H]1CCc3cc(C(=O)O)ccc3[C@H]1CC2. The number of hydrogen-bond acceptors (Lipinski definition) is 2. The highest BCUT2D eigenvalue weighted by molar-refractivity contribution is 5.88. The Bertz CT molecular complexity index is 722. The molecule has 26 heavy (non-hydrogen) atoms. The maximum atomic E-state index is 12.5. The van der Waals surface area contributed by atoms with E-state index in [0.29, 0.717) is 29.1 Å². The largest absolute Gasteiger partial charge is 0.478 e. The zero-order chi connectivity index (χ0) is 18.3. The highest BCUT2D eigenvalue weighted by atomic mass is 16.4. The molecule has 4 rings (SSSR count).